The maximum atomic E-state index is 11.5. The standard InChI is InChI=1S/C14H14O4/c1-8-3-4-9-5-6-14(2,13(17)18)11(12(15)16)10(9)7-8/h3-7,11H,1-2H3,(H,15,16)(H,17,18). The maximum absolute atomic E-state index is 11.5. The predicted octanol–water partition coefficient (Wildman–Crippen LogP) is 2.28. The highest BCUT2D eigenvalue weighted by molar-refractivity contribution is 5.92. The van der Waals surface area contributed by atoms with Gasteiger partial charge in [0, 0.05) is 0 Å². The number of aliphatic carboxylic acids is 2. The Morgan fingerprint density at radius 3 is 2.50 bits per heavy atom. The number of hydrogen-bond acceptors (Lipinski definition) is 2. The zero-order valence-electron chi connectivity index (χ0n) is 10.2. The van der Waals surface area contributed by atoms with Crippen LogP contribution in [0.4, 0.5) is 0 Å². The topological polar surface area (TPSA) is 74.6 Å². The van der Waals surface area contributed by atoms with Crippen molar-refractivity contribution >= 4 is 18.0 Å². The van der Waals surface area contributed by atoms with Gasteiger partial charge >= 0.3 is 11.9 Å². The number of hydrogen-bond donors (Lipinski definition) is 2. The monoisotopic (exact) mass is 246 g/mol. The van der Waals surface area contributed by atoms with Crippen LogP contribution in [0, 0.1) is 12.3 Å². The molecule has 1 aromatic carbocycles. The molecule has 94 valence electrons. The number of fused-ring (bicyclic) bond motifs is 1. The van der Waals surface area contributed by atoms with E-state index in [0.29, 0.717) is 5.56 Å². The third kappa shape index (κ3) is 1.70. The minimum atomic E-state index is -1.41. The van der Waals surface area contributed by atoms with Gasteiger partial charge in [-0.1, -0.05) is 35.9 Å². The van der Waals surface area contributed by atoms with Crippen molar-refractivity contribution in [2.45, 2.75) is 19.8 Å². The molecule has 2 unspecified atom stereocenters. The number of carbonyl (C=O) groups is 2. The SMILES string of the molecule is Cc1ccc2c(c1)C(C(=O)O)C(C)(C(=O)O)C=C2. The summed E-state index contributed by atoms with van der Waals surface area (Å²) >= 11 is 0. The van der Waals surface area contributed by atoms with Crippen molar-refractivity contribution in [2.75, 3.05) is 0 Å². The van der Waals surface area contributed by atoms with Crippen LogP contribution in [0.1, 0.15) is 29.5 Å². The molecule has 0 aromatic heterocycles. The van der Waals surface area contributed by atoms with E-state index in [4.69, 9.17) is 0 Å². The highest BCUT2D eigenvalue weighted by atomic mass is 16.4. The molecule has 1 aliphatic rings. The minimum Gasteiger partial charge on any atom is -0.481 e. The second-order valence-electron chi connectivity index (χ2n) is 4.82. The van der Waals surface area contributed by atoms with Gasteiger partial charge in [-0.25, -0.2) is 0 Å². The molecule has 0 fully saturated rings. The summed E-state index contributed by atoms with van der Waals surface area (Å²) in [5.74, 6) is -3.30. The van der Waals surface area contributed by atoms with Gasteiger partial charge in [0.05, 0.1) is 0 Å². The van der Waals surface area contributed by atoms with Gasteiger partial charge in [0.15, 0.2) is 0 Å². The molecule has 2 N–H and O–H groups in total. The Balaban J connectivity index is 2.68. The molecule has 2 atom stereocenters. The van der Waals surface area contributed by atoms with Gasteiger partial charge in [0.25, 0.3) is 0 Å². The molecule has 18 heavy (non-hydrogen) atoms. The smallest absolute Gasteiger partial charge is 0.314 e. The fraction of sp³-hybridized carbons (Fsp3) is 0.286. The highest BCUT2D eigenvalue weighted by Gasteiger charge is 2.47. The van der Waals surface area contributed by atoms with Gasteiger partial charge in [0.1, 0.15) is 11.3 Å². The van der Waals surface area contributed by atoms with Crippen molar-refractivity contribution in [3.05, 3.63) is 41.0 Å². The summed E-state index contributed by atoms with van der Waals surface area (Å²) in [6.45, 7) is 3.30. The Hall–Kier alpha value is -2.10. The van der Waals surface area contributed by atoms with Gasteiger partial charge in [0.2, 0.25) is 0 Å². The number of benzene rings is 1. The van der Waals surface area contributed by atoms with Gasteiger partial charge < -0.3 is 10.2 Å². The first kappa shape index (κ1) is 12.4. The van der Waals surface area contributed by atoms with Crippen molar-refractivity contribution < 1.29 is 19.8 Å². The van der Waals surface area contributed by atoms with E-state index in [2.05, 4.69) is 0 Å². The molecule has 0 radical (unpaired) electrons. The van der Waals surface area contributed by atoms with Crippen LogP contribution in [0.15, 0.2) is 24.3 Å². The predicted molar refractivity (Wildman–Crippen MR) is 66.3 cm³/mol. The first-order valence-electron chi connectivity index (χ1n) is 5.62. The van der Waals surface area contributed by atoms with Crippen LogP contribution in [0.3, 0.4) is 0 Å². The van der Waals surface area contributed by atoms with E-state index in [1.165, 1.54) is 13.0 Å². The van der Waals surface area contributed by atoms with Crippen molar-refractivity contribution in [3.63, 3.8) is 0 Å². The van der Waals surface area contributed by atoms with Crippen LogP contribution < -0.4 is 0 Å². The lowest BCUT2D eigenvalue weighted by Crippen LogP contribution is -2.38. The summed E-state index contributed by atoms with van der Waals surface area (Å²) in [6.07, 6.45) is 3.15. The van der Waals surface area contributed by atoms with Crippen molar-refractivity contribution in [2.24, 2.45) is 5.41 Å². The summed E-state index contributed by atoms with van der Waals surface area (Å²) in [4.78, 5) is 22.8. The fourth-order valence-electron chi connectivity index (χ4n) is 2.36. The molecule has 4 heteroatoms. The molecule has 0 bridgehead atoms. The van der Waals surface area contributed by atoms with Crippen LogP contribution >= 0.6 is 0 Å². The second kappa shape index (κ2) is 3.98. The summed E-state index contributed by atoms with van der Waals surface area (Å²) < 4.78 is 0. The average molecular weight is 246 g/mol. The molecular weight excluding hydrogens is 232 g/mol. The molecule has 0 amide bonds. The quantitative estimate of drug-likeness (QED) is 0.839. The Labute approximate surface area is 105 Å². The van der Waals surface area contributed by atoms with E-state index >= 15 is 0 Å². The van der Waals surface area contributed by atoms with Crippen molar-refractivity contribution in [3.8, 4) is 0 Å². The van der Waals surface area contributed by atoms with Crippen LogP contribution in [0.25, 0.3) is 6.08 Å². The van der Waals surface area contributed by atoms with Crippen LogP contribution in [-0.4, -0.2) is 22.2 Å². The Kier molecular flexibility index (Phi) is 2.73. The zero-order chi connectivity index (χ0) is 13.5. The number of aryl methyl sites for hydroxylation is 1. The van der Waals surface area contributed by atoms with Crippen LogP contribution in [0.2, 0.25) is 0 Å². The molecule has 1 aromatic rings. The molecule has 0 saturated carbocycles. The van der Waals surface area contributed by atoms with Gasteiger partial charge in [-0.05, 0) is 25.0 Å². The van der Waals surface area contributed by atoms with Crippen LogP contribution in [-0.2, 0) is 9.59 Å². The maximum Gasteiger partial charge on any atom is 0.314 e. The lowest BCUT2D eigenvalue weighted by molar-refractivity contribution is -0.154. The van der Waals surface area contributed by atoms with E-state index < -0.39 is 23.3 Å². The summed E-state index contributed by atoms with van der Waals surface area (Å²) in [5.41, 5.74) is 0.844. The van der Waals surface area contributed by atoms with E-state index in [1.807, 2.05) is 19.1 Å². The summed E-state index contributed by atoms with van der Waals surface area (Å²) in [6, 6.07) is 5.45. The molecule has 4 nitrogen and oxygen atoms in total. The lowest BCUT2D eigenvalue weighted by Gasteiger charge is -2.32. The Morgan fingerprint density at radius 1 is 1.28 bits per heavy atom. The first-order chi connectivity index (χ1) is 8.36. The van der Waals surface area contributed by atoms with Crippen LogP contribution in [0.5, 0.6) is 0 Å². The number of carboxylic acids is 2. The molecule has 0 spiro atoms. The molecule has 0 saturated heterocycles. The fourth-order valence-corrected chi connectivity index (χ4v) is 2.36. The third-order valence-electron chi connectivity index (χ3n) is 3.47. The number of carboxylic acid groups (broad SMARTS) is 2. The second-order valence-corrected chi connectivity index (χ2v) is 4.82. The van der Waals surface area contributed by atoms with Gasteiger partial charge in [-0.15, -0.1) is 0 Å². The lowest BCUT2D eigenvalue weighted by atomic mass is 9.68. The summed E-state index contributed by atoms with van der Waals surface area (Å²) in [5, 5.41) is 18.7. The van der Waals surface area contributed by atoms with Gasteiger partial charge in [-0.2, -0.15) is 0 Å². The normalized spacial score (nSPS) is 25.6. The first-order valence-corrected chi connectivity index (χ1v) is 5.62. The van der Waals surface area contributed by atoms with E-state index in [-0.39, 0.29) is 0 Å². The average Bonchev–Trinajstić information content (AvgIpc) is 2.27. The minimum absolute atomic E-state index is 0.565. The highest BCUT2D eigenvalue weighted by Crippen LogP contribution is 2.43. The molecular formula is C14H14O4. The molecule has 0 aliphatic heterocycles. The van der Waals surface area contributed by atoms with Crippen molar-refractivity contribution in [1.82, 2.24) is 0 Å². The summed E-state index contributed by atoms with van der Waals surface area (Å²) in [7, 11) is 0. The third-order valence-corrected chi connectivity index (χ3v) is 3.47. The van der Waals surface area contributed by atoms with E-state index in [9.17, 15) is 19.8 Å². The van der Waals surface area contributed by atoms with E-state index in [1.54, 1.807) is 12.1 Å². The Bertz CT molecular complexity index is 559. The number of rotatable bonds is 2. The van der Waals surface area contributed by atoms with E-state index in [0.717, 1.165) is 11.1 Å². The zero-order valence-corrected chi connectivity index (χ0v) is 10.2. The Morgan fingerprint density at radius 2 is 1.94 bits per heavy atom. The molecule has 0 heterocycles. The molecule has 1 aliphatic carbocycles. The van der Waals surface area contributed by atoms with Crippen molar-refractivity contribution in [1.29, 1.82) is 0 Å². The molecule has 2 rings (SSSR count). The largest absolute Gasteiger partial charge is 0.481 e. The van der Waals surface area contributed by atoms with Gasteiger partial charge in [-0.3, -0.25) is 9.59 Å².